The Bertz CT molecular complexity index is 1170. The lowest BCUT2D eigenvalue weighted by atomic mass is 10.1. The molecule has 10 heteroatoms. The van der Waals surface area contributed by atoms with Gasteiger partial charge in [-0.2, -0.15) is 0 Å². The zero-order valence-electron chi connectivity index (χ0n) is 20.4. The zero-order chi connectivity index (χ0) is 24.9. The van der Waals surface area contributed by atoms with Crippen LogP contribution in [0.15, 0.2) is 30.3 Å². The van der Waals surface area contributed by atoms with E-state index >= 15 is 0 Å². The predicted molar refractivity (Wildman–Crippen MR) is 134 cm³/mol. The second-order valence-electron chi connectivity index (χ2n) is 8.52. The van der Waals surface area contributed by atoms with Crippen LogP contribution in [-0.4, -0.2) is 72.5 Å². The summed E-state index contributed by atoms with van der Waals surface area (Å²) in [6.07, 6.45) is 1.80. The minimum atomic E-state index is -0.471. The largest absolute Gasteiger partial charge is 0.493 e. The standard InChI is InChI=1S/C25H33N5O5/c1-33-21-13-17(14-22(34-2)23(21)35-3)27-25-28-19-8-7-16(12-20(19)30(25)11-5-9-26)24(32)29-10-4-6-18(31)15-29/h7-8,12-14,18,31H,4-6,9-11,15,26H2,1-3H3,(H,27,28). The van der Waals surface area contributed by atoms with Gasteiger partial charge in [-0.15, -0.1) is 0 Å². The van der Waals surface area contributed by atoms with Gasteiger partial charge in [0.2, 0.25) is 11.7 Å². The van der Waals surface area contributed by atoms with Gasteiger partial charge in [0, 0.05) is 43.0 Å². The number of aryl methyl sites for hydroxylation is 1. The first-order valence-corrected chi connectivity index (χ1v) is 11.7. The number of amides is 1. The van der Waals surface area contributed by atoms with Crippen molar-refractivity contribution >= 4 is 28.6 Å². The number of anilines is 2. The van der Waals surface area contributed by atoms with Gasteiger partial charge >= 0.3 is 0 Å². The van der Waals surface area contributed by atoms with Crippen molar-refractivity contribution in [3.8, 4) is 17.2 Å². The molecule has 188 valence electrons. The molecule has 4 rings (SSSR count). The van der Waals surface area contributed by atoms with E-state index in [1.165, 1.54) is 0 Å². The van der Waals surface area contributed by atoms with Gasteiger partial charge in [-0.25, -0.2) is 4.98 Å². The lowest BCUT2D eigenvalue weighted by Crippen LogP contribution is -2.42. The van der Waals surface area contributed by atoms with Crippen LogP contribution in [0.4, 0.5) is 11.6 Å². The highest BCUT2D eigenvalue weighted by Crippen LogP contribution is 2.40. The summed E-state index contributed by atoms with van der Waals surface area (Å²) in [6.45, 7) is 2.15. The second-order valence-corrected chi connectivity index (χ2v) is 8.52. The summed E-state index contributed by atoms with van der Waals surface area (Å²) in [6, 6.07) is 9.12. The van der Waals surface area contributed by atoms with Gasteiger partial charge in [-0.05, 0) is 44.0 Å². The molecule has 0 bridgehead atoms. The summed E-state index contributed by atoms with van der Waals surface area (Å²) in [5.41, 5.74) is 8.67. The quantitative estimate of drug-likeness (QED) is 0.424. The van der Waals surface area contributed by atoms with E-state index in [1.54, 1.807) is 32.3 Å². The molecule has 0 spiro atoms. The van der Waals surface area contributed by atoms with Gasteiger partial charge in [0.25, 0.3) is 5.91 Å². The smallest absolute Gasteiger partial charge is 0.254 e. The first kappa shape index (κ1) is 24.6. The lowest BCUT2D eigenvalue weighted by molar-refractivity contribution is 0.0474. The molecule has 1 saturated heterocycles. The van der Waals surface area contributed by atoms with Gasteiger partial charge in [0.05, 0.1) is 38.5 Å². The summed E-state index contributed by atoms with van der Waals surface area (Å²) in [7, 11) is 4.69. The molecule has 1 unspecified atom stereocenters. The van der Waals surface area contributed by atoms with Crippen LogP contribution in [0, 0.1) is 0 Å². The number of imidazole rings is 1. The number of piperidine rings is 1. The number of hydrogen-bond acceptors (Lipinski definition) is 8. The third kappa shape index (κ3) is 5.13. The number of aromatic nitrogens is 2. The Hall–Kier alpha value is -3.50. The summed E-state index contributed by atoms with van der Waals surface area (Å²) < 4.78 is 18.4. The van der Waals surface area contributed by atoms with Gasteiger partial charge in [0.1, 0.15) is 0 Å². The van der Waals surface area contributed by atoms with Crippen molar-refractivity contribution in [3.05, 3.63) is 35.9 Å². The number of nitrogens with two attached hydrogens (primary N) is 1. The second kappa shape index (κ2) is 10.8. The van der Waals surface area contributed by atoms with E-state index in [9.17, 15) is 9.90 Å². The van der Waals surface area contributed by atoms with E-state index < -0.39 is 6.10 Å². The molecule has 1 aromatic heterocycles. The van der Waals surface area contributed by atoms with Crippen molar-refractivity contribution in [1.29, 1.82) is 0 Å². The van der Waals surface area contributed by atoms with Crippen LogP contribution in [0.25, 0.3) is 11.0 Å². The van der Waals surface area contributed by atoms with E-state index in [0.29, 0.717) is 60.6 Å². The number of benzene rings is 2. The van der Waals surface area contributed by atoms with Gasteiger partial charge in [0.15, 0.2) is 11.5 Å². The first-order chi connectivity index (χ1) is 17.0. The molecule has 4 N–H and O–H groups in total. The van der Waals surface area contributed by atoms with Crippen molar-refractivity contribution in [3.63, 3.8) is 0 Å². The molecule has 35 heavy (non-hydrogen) atoms. The highest BCUT2D eigenvalue weighted by molar-refractivity contribution is 5.98. The van der Waals surface area contributed by atoms with Crippen LogP contribution >= 0.6 is 0 Å². The summed E-state index contributed by atoms with van der Waals surface area (Å²) >= 11 is 0. The Kier molecular flexibility index (Phi) is 7.62. The Balaban J connectivity index is 1.71. The number of aliphatic hydroxyl groups is 1. The molecule has 2 heterocycles. The van der Waals surface area contributed by atoms with Crippen LogP contribution < -0.4 is 25.3 Å². The Morgan fingerprint density at radius 1 is 1.17 bits per heavy atom. The normalized spacial score (nSPS) is 15.8. The van der Waals surface area contributed by atoms with Crippen molar-refractivity contribution in [2.45, 2.75) is 31.9 Å². The van der Waals surface area contributed by atoms with Gasteiger partial charge < -0.3 is 39.8 Å². The molecular formula is C25H33N5O5. The van der Waals surface area contributed by atoms with Crippen molar-refractivity contribution < 1.29 is 24.1 Å². The van der Waals surface area contributed by atoms with Crippen LogP contribution in [0.2, 0.25) is 0 Å². The number of rotatable bonds is 9. The highest BCUT2D eigenvalue weighted by Gasteiger charge is 2.24. The van der Waals surface area contributed by atoms with Crippen molar-refractivity contribution in [2.24, 2.45) is 5.73 Å². The molecular weight excluding hydrogens is 450 g/mol. The number of aliphatic hydroxyl groups excluding tert-OH is 1. The van der Waals surface area contributed by atoms with Crippen LogP contribution in [0.5, 0.6) is 17.2 Å². The number of carbonyl (C=O) groups is 1. The zero-order valence-corrected chi connectivity index (χ0v) is 20.4. The van der Waals surface area contributed by atoms with E-state index in [2.05, 4.69) is 5.32 Å². The maximum atomic E-state index is 13.1. The molecule has 1 atom stereocenters. The Morgan fingerprint density at radius 3 is 2.54 bits per heavy atom. The van der Waals surface area contributed by atoms with E-state index in [-0.39, 0.29) is 5.91 Å². The summed E-state index contributed by atoms with van der Waals surface area (Å²) in [5, 5.41) is 13.3. The number of β-amino-alcohol motifs (C(OH)–C–C–N with tert-alkyl or cyclic N) is 1. The molecule has 1 amide bonds. The highest BCUT2D eigenvalue weighted by atomic mass is 16.5. The van der Waals surface area contributed by atoms with Crippen LogP contribution in [0.1, 0.15) is 29.6 Å². The van der Waals surface area contributed by atoms with E-state index in [0.717, 1.165) is 30.3 Å². The maximum absolute atomic E-state index is 13.1. The molecule has 1 aliphatic heterocycles. The molecule has 0 saturated carbocycles. The third-order valence-electron chi connectivity index (χ3n) is 6.19. The number of methoxy groups -OCH3 is 3. The van der Waals surface area contributed by atoms with E-state index in [1.807, 2.05) is 28.8 Å². The number of ether oxygens (including phenoxy) is 3. The summed E-state index contributed by atoms with van der Waals surface area (Å²) in [4.78, 5) is 19.6. The van der Waals surface area contributed by atoms with Crippen molar-refractivity contribution in [1.82, 2.24) is 14.5 Å². The Morgan fingerprint density at radius 2 is 1.91 bits per heavy atom. The molecule has 0 aliphatic carbocycles. The average Bonchev–Trinajstić information content (AvgIpc) is 3.22. The lowest BCUT2D eigenvalue weighted by Gasteiger charge is -2.30. The number of nitrogens with zero attached hydrogens (tertiary/aromatic N) is 3. The number of hydrogen-bond donors (Lipinski definition) is 3. The van der Waals surface area contributed by atoms with Gasteiger partial charge in [-0.1, -0.05) is 0 Å². The Labute approximate surface area is 204 Å². The number of likely N-dealkylation sites (tertiary alicyclic amines) is 1. The van der Waals surface area contributed by atoms with Gasteiger partial charge in [-0.3, -0.25) is 4.79 Å². The topological polar surface area (TPSA) is 124 Å². The monoisotopic (exact) mass is 483 g/mol. The minimum Gasteiger partial charge on any atom is -0.493 e. The molecule has 10 nitrogen and oxygen atoms in total. The fraction of sp³-hybridized carbons (Fsp3) is 0.440. The average molecular weight is 484 g/mol. The maximum Gasteiger partial charge on any atom is 0.254 e. The fourth-order valence-electron chi connectivity index (χ4n) is 4.43. The molecule has 3 aromatic rings. The number of nitrogens with one attached hydrogen (secondary N) is 1. The van der Waals surface area contributed by atoms with E-state index in [4.69, 9.17) is 24.9 Å². The predicted octanol–water partition coefficient (Wildman–Crippen LogP) is 2.75. The third-order valence-corrected chi connectivity index (χ3v) is 6.19. The fourth-order valence-corrected chi connectivity index (χ4v) is 4.43. The number of carbonyl (C=O) groups excluding carboxylic acids is 1. The SMILES string of the molecule is COc1cc(Nc2nc3ccc(C(=O)N4CCCC(O)C4)cc3n2CCCN)cc(OC)c1OC. The summed E-state index contributed by atoms with van der Waals surface area (Å²) in [5.74, 6) is 2.08. The van der Waals surface area contributed by atoms with Crippen LogP contribution in [0.3, 0.4) is 0 Å². The molecule has 1 aliphatic rings. The molecule has 2 aromatic carbocycles. The number of fused-ring (bicyclic) bond motifs is 1. The van der Waals surface area contributed by atoms with Crippen molar-refractivity contribution in [2.75, 3.05) is 46.3 Å². The molecule has 0 radical (unpaired) electrons. The molecule has 1 fully saturated rings. The van der Waals surface area contributed by atoms with Crippen LogP contribution in [-0.2, 0) is 6.54 Å². The minimum absolute atomic E-state index is 0.0867. The first-order valence-electron chi connectivity index (χ1n) is 11.7.